The van der Waals surface area contributed by atoms with Gasteiger partial charge in [-0.3, -0.25) is 0 Å². The number of nitrogens with one attached hydrogen (secondary N) is 1. The van der Waals surface area contributed by atoms with Crippen LogP contribution in [0.2, 0.25) is 0 Å². The third-order valence-corrected chi connectivity index (χ3v) is 3.02. The molecule has 1 nitrogen and oxygen atoms in total. The van der Waals surface area contributed by atoms with Crippen molar-refractivity contribution in [2.75, 3.05) is 6.54 Å². The maximum Gasteiger partial charge on any atom is 0.00362 e. The summed E-state index contributed by atoms with van der Waals surface area (Å²) in [6.07, 6.45) is 2.52. The molecule has 0 aromatic rings. The quantitative estimate of drug-likeness (QED) is 0.668. The van der Waals surface area contributed by atoms with Gasteiger partial charge in [0.05, 0.1) is 0 Å². The first-order chi connectivity index (χ1) is 5.61. The van der Waals surface area contributed by atoms with E-state index in [1.807, 2.05) is 0 Å². The molecule has 1 heteroatoms. The molecule has 2 unspecified atom stereocenters. The van der Waals surface area contributed by atoms with Crippen molar-refractivity contribution in [2.45, 2.75) is 60.9 Å². The molecule has 0 aromatic heterocycles. The molecule has 0 aliphatic heterocycles. The molecule has 0 heterocycles. The van der Waals surface area contributed by atoms with Crippen LogP contribution in [0.15, 0.2) is 0 Å². The van der Waals surface area contributed by atoms with E-state index in [-0.39, 0.29) is 7.43 Å². The minimum atomic E-state index is 0. The van der Waals surface area contributed by atoms with Gasteiger partial charge in [-0.25, -0.2) is 0 Å². The van der Waals surface area contributed by atoms with Gasteiger partial charge in [0, 0.05) is 6.04 Å². The SMILES string of the molecule is C.CCC(C)C(C)CN[C@@H](C)CC. The second-order valence-corrected chi connectivity index (χ2v) is 4.08. The Hall–Kier alpha value is -0.0400. The third kappa shape index (κ3) is 7.06. The Kier molecular flexibility index (Phi) is 10.2. The fraction of sp³-hybridized carbons (Fsp3) is 1.00. The standard InChI is InChI=1S/C11H25N.CH4/c1-6-9(3)10(4)8-12-11(5)7-2;/h9-12H,6-8H2,1-5H3;1H4/t9?,10?,11-;/m0./s1. The zero-order chi connectivity index (χ0) is 9.56. The van der Waals surface area contributed by atoms with Crippen LogP contribution in [0.4, 0.5) is 0 Å². The molecule has 13 heavy (non-hydrogen) atoms. The average Bonchev–Trinajstić information content (AvgIpc) is 2.11. The summed E-state index contributed by atoms with van der Waals surface area (Å²) in [7, 11) is 0. The minimum Gasteiger partial charge on any atom is -0.314 e. The molecule has 82 valence electrons. The zero-order valence-electron chi connectivity index (χ0n) is 9.35. The van der Waals surface area contributed by atoms with Gasteiger partial charge in [0.2, 0.25) is 0 Å². The second kappa shape index (κ2) is 8.55. The molecule has 0 aliphatic carbocycles. The van der Waals surface area contributed by atoms with Crippen molar-refractivity contribution in [2.24, 2.45) is 11.8 Å². The predicted octanol–water partition coefficient (Wildman–Crippen LogP) is 3.69. The molecular formula is C12H29N. The molecule has 0 rings (SSSR count). The number of hydrogen-bond acceptors (Lipinski definition) is 1. The minimum absolute atomic E-state index is 0. The van der Waals surface area contributed by atoms with E-state index in [4.69, 9.17) is 0 Å². The first-order valence-electron chi connectivity index (χ1n) is 5.35. The van der Waals surface area contributed by atoms with Gasteiger partial charge in [0.25, 0.3) is 0 Å². The van der Waals surface area contributed by atoms with E-state index in [9.17, 15) is 0 Å². The Labute approximate surface area is 85.3 Å². The molecule has 0 amide bonds. The highest BCUT2D eigenvalue weighted by atomic mass is 14.9. The molecule has 0 bridgehead atoms. The summed E-state index contributed by atoms with van der Waals surface area (Å²) in [5, 5.41) is 3.55. The summed E-state index contributed by atoms with van der Waals surface area (Å²) < 4.78 is 0. The van der Waals surface area contributed by atoms with Crippen molar-refractivity contribution >= 4 is 0 Å². The van der Waals surface area contributed by atoms with E-state index in [1.54, 1.807) is 0 Å². The van der Waals surface area contributed by atoms with Crippen LogP contribution in [0.3, 0.4) is 0 Å². The van der Waals surface area contributed by atoms with Crippen LogP contribution in [0.5, 0.6) is 0 Å². The van der Waals surface area contributed by atoms with Gasteiger partial charge < -0.3 is 5.32 Å². The maximum atomic E-state index is 3.55. The molecule has 0 saturated heterocycles. The highest BCUT2D eigenvalue weighted by Gasteiger charge is 2.10. The molecule has 0 aliphatic rings. The smallest absolute Gasteiger partial charge is 0.00362 e. The van der Waals surface area contributed by atoms with Gasteiger partial charge in [0.15, 0.2) is 0 Å². The van der Waals surface area contributed by atoms with Crippen LogP contribution in [0, 0.1) is 11.8 Å². The van der Waals surface area contributed by atoms with E-state index >= 15 is 0 Å². The summed E-state index contributed by atoms with van der Waals surface area (Å²) >= 11 is 0. The molecule has 0 spiro atoms. The van der Waals surface area contributed by atoms with Crippen molar-refractivity contribution in [3.05, 3.63) is 0 Å². The topological polar surface area (TPSA) is 12.0 Å². The predicted molar refractivity (Wildman–Crippen MR) is 63.1 cm³/mol. The Morgan fingerprint density at radius 2 is 1.46 bits per heavy atom. The van der Waals surface area contributed by atoms with E-state index in [0.29, 0.717) is 6.04 Å². The molecule has 3 atom stereocenters. The van der Waals surface area contributed by atoms with Crippen LogP contribution in [-0.2, 0) is 0 Å². The van der Waals surface area contributed by atoms with Crippen LogP contribution in [-0.4, -0.2) is 12.6 Å². The summed E-state index contributed by atoms with van der Waals surface area (Å²) in [6, 6.07) is 0.677. The van der Waals surface area contributed by atoms with Crippen molar-refractivity contribution < 1.29 is 0 Å². The van der Waals surface area contributed by atoms with Crippen molar-refractivity contribution in [3.63, 3.8) is 0 Å². The summed E-state index contributed by atoms with van der Waals surface area (Å²) in [6.45, 7) is 12.6. The lowest BCUT2D eigenvalue weighted by molar-refractivity contribution is 0.342. The van der Waals surface area contributed by atoms with Crippen molar-refractivity contribution in [3.8, 4) is 0 Å². The van der Waals surface area contributed by atoms with Crippen LogP contribution >= 0.6 is 0 Å². The molecular weight excluding hydrogens is 158 g/mol. The highest BCUT2D eigenvalue weighted by Crippen LogP contribution is 2.13. The van der Waals surface area contributed by atoms with E-state index in [1.165, 1.54) is 19.4 Å². The molecule has 0 aromatic carbocycles. The largest absolute Gasteiger partial charge is 0.314 e. The lowest BCUT2D eigenvalue weighted by Gasteiger charge is -2.21. The molecule has 0 saturated carbocycles. The van der Waals surface area contributed by atoms with Gasteiger partial charge in [-0.2, -0.15) is 0 Å². The maximum absolute atomic E-state index is 3.55. The van der Waals surface area contributed by atoms with Gasteiger partial charge in [-0.05, 0) is 31.7 Å². The Balaban J connectivity index is 0. The second-order valence-electron chi connectivity index (χ2n) is 4.08. The molecule has 0 fully saturated rings. The van der Waals surface area contributed by atoms with Crippen LogP contribution < -0.4 is 5.32 Å². The van der Waals surface area contributed by atoms with E-state index < -0.39 is 0 Å². The van der Waals surface area contributed by atoms with Crippen LogP contribution in [0.25, 0.3) is 0 Å². The third-order valence-electron chi connectivity index (χ3n) is 3.02. The number of rotatable bonds is 6. The van der Waals surface area contributed by atoms with Gasteiger partial charge in [0.1, 0.15) is 0 Å². The summed E-state index contributed by atoms with van der Waals surface area (Å²) in [4.78, 5) is 0. The summed E-state index contributed by atoms with van der Waals surface area (Å²) in [5.41, 5.74) is 0. The fourth-order valence-corrected chi connectivity index (χ4v) is 1.13. The first-order valence-corrected chi connectivity index (χ1v) is 5.35. The molecule has 1 N–H and O–H groups in total. The zero-order valence-corrected chi connectivity index (χ0v) is 9.35. The van der Waals surface area contributed by atoms with Crippen molar-refractivity contribution in [1.29, 1.82) is 0 Å². The summed E-state index contributed by atoms with van der Waals surface area (Å²) in [5.74, 6) is 1.66. The Morgan fingerprint density at radius 3 is 1.85 bits per heavy atom. The van der Waals surface area contributed by atoms with Gasteiger partial charge in [-0.1, -0.05) is 41.5 Å². The van der Waals surface area contributed by atoms with Crippen molar-refractivity contribution in [1.82, 2.24) is 5.32 Å². The normalized spacial score (nSPS) is 17.3. The van der Waals surface area contributed by atoms with Crippen LogP contribution in [0.1, 0.15) is 54.9 Å². The first kappa shape index (κ1) is 15.4. The Morgan fingerprint density at radius 1 is 0.923 bits per heavy atom. The lowest BCUT2D eigenvalue weighted by Crippen LogP contribution is -2.31. The Bertz CT molecular complexity index is 101. The number of hydrogen-bond donors (Lipinski definition) is 1. The monoisotopic (exact) mass is 187 g/mol. The van der Waals surface area contributed by atoms with Gasteiger partial charge in [-0.15, -0.1) is 0 Å². The fourth-order valence-electron chi connectivity index (χ4n) is 1.13. The van der Waals surface area contributed by atoms with E-state index in [0.717, 1.165) is 11.8 Å². The van der Waals surface area contributed by atoms with E-state index in [2.05, 4.69) is 39.9 Å². The molecule has 0 radical (unpaired) electrons. The highest BCUT2D eigenvalue weighted by molar-refractivity contribution is 4.66. The average molecular weight is 187 g/mol. The lowest BCUT2D eigenvalue weighted by atomic mass is 9.93. The van der Waals surface area contributed by atoms with Gasteiger partial charge >= 0.3 is 0 Å².